The molecule has 1 aliphatic rings. The molecule has 8 nitrogen and oxygen atoms in total. The molecule has 176 valence electrons. The van der Waals surface area contributed by atoms with Crippen LogP contribution in [0.3, 0.4) is 0 Å². The second-order valence-electron chi connectivity index (χ2n) is 8.11. The van der Waals surface area contributed by atoms with E-state index in [-0.39, 0.29) is 22.8 Å². The molecule has 0 unspecified atom stereocenters. The Labute approximate surface area is 203 Å². The molecule has 4 rings (SSSR count). The van der Waals surface area contributed by atoms with Crippen molar-refractivity contribution in [3.63, 3.8) is 0 Å². The normalized spacial score (nSPS) is 15.1. The van der Waals surface area contributed by atoms with Crippen LogP contribution in [-0.4, -0.2) is 54.7 Å². The van der Waals surface area contributed by atoms with Crippen LogP contribution < -0.4 is 5.32 Å². The number of carbonyl (C=O) groups excluding carboxylic acids is 1. The van der Waals surface area contributed by atoms with E-state index in [2.05, 4.69) is 15.2 Å². The van der Waals surface area contributed by atoms with Gasteiger partial charge < -0.3 is 5.32 Å². The number of hydrogen-bond acceptors (Lipinski definition) is 7. The Bertz CT molecular complexity index is 1300. The Balaban J connectivity index is 1.30. The first-order valence-corrected chi connectivity index (χ1v) is 13.2. The number of nitrogens with zero attached hydrogens (tertiary/aromatic N) is 4. The van der Waals surface area contributed by atoms with Gasteiger partial charge in [-0.2, -0.15) is 9.57 Å². The molecule has 1 N–H and O–H groups in total. The summed E-state index contributed by atoms with van der Waals surface area (Å²) in [5, 5.41) is 14.8. The first kappa shape index (κ1) is 24.0. The summed E-state index contributed by atoms with van der Waals surface area (Å²) in [5.41, 5.74) is 2.92. The van der Waals surface area contributed by atoms with Gasteiger partial charge in [-0.1, -0.05) is 29.8 Å². The van der Waals surface area contributed by atoms with Gasteiger partial charge in [0.1, 0.15) is 11.1 Å². The van der Waals surface area contributed by atoms with Crippen LogP contribution in [0.2, 0.25) is 0 Å². The molecule has 1 aromatic heterocycles. The largest absolute Gasteiger partial charge is 0.326 e. The maximum Gasteiger partial charge on any atom is 0.244 e. The number of carbonyl (C=O) groups is 1. The lowest BCUT2D eigenvalue weighted by molar-refractivity contribution is -0.115. The van der Waals surface area contributed by atoms with Gasteiger partial charge in [0.2, 0.25) is 15.9 Å². The molecule has 1 fully saturated rings. The number of piperazine rings is 1. The maximum absolute atomic E-state index is 13.0. The van der Waals surface area contributed by atoms with Crippen molar-refractivity contribution in [1.82, 2.24) is 14.2 Å². The van der Waals surface area contributed by atoms with Crippen molar-refractivity contribution in [2.45, 2.75) is 24.8 Å². The second-order valence-corrected chi connectivity index (χ2v) is 11.0. The Morgan fingerprint density at radius 2 is 1.82 bits per heavy atom. The maximum atomic E-state index is 13.0. The lowest BCUT2D eigenvalue weighted by atomic mass is 10.2. The van der Waals surface area contributed by atoms with Gasteiger partial charge in [0.25, 0.3) is 0 Å². The number of anilines is 1. The quantitative estimate of drug-likeness (QED) is 0.540. The summed E-state index contributed by atoms with van der Waals surface area (Å²) in [6.45, 7) is 4.41. The van der Waals surface area contributed by atoms with Crippen molar-refractivity contribution in [1.29, 1.82) is 5.26 Å². The van der Waals surface area contributed by atoms with Crippen molar-refractivity contribution in [3.05, 3.63) is 75.7 Å². The van der Waals surface area contributed by atoms with E-state index in [1.807, 2.05) is 42.6 Å². The second kappa shape index (κ2) is 10.4. The zero-order valence-electron chi connectivity index (χ0n) is 18.8. The molecule has 2 aromatic carbocycles. The number of rotatable bonds is 7. The highest BCUT2D eigenvalue weighted by atomic mass is 32.2. The third kappa shape index (κ3) is 5.69. The number of amides is 1. The molecule has 0 atom stereocenters. The number of nitrogens with one attached hydrogen (secondary N) is 1. The average molecular weight is 496 g/mol. The van der Waals surface area contributed by atoms with Crippen molar-refractivity contribution < 1.29 is 13.2 Å². The number of benzene rings is 2. The first-order chi connectivity index (χ1) is 16.3. The van der Waals surface area contributed by atoms with Gasteiger partial charge in [-0.25, -0.2) is 13.4 Å². The molecule has 1 amide bonds. The molecule has 0 spiro atoms. The molecular weight excluding hydrogens is 470 g/mol. The minimum atomic E-state index is -3.71. The predicted octanol–water partition coefficient (Wildman–Crippen LogP) is 3.01. The molecule has 34 heavy (non-hydrogen) atoms. The molecule has 1 aliphatic heterocycles. The highest BCUT2D eigenvalue weighted by Gasteiger charge is 2.30. The topological polar surface area (TPSA) is 106 Å². The standard InChI is InChI=1S/C24H25N5O3S2/c1-18-6-8-20(9-7-18)26-23(30)14-24-27-21(17-33-24)16-28-10-12-29(13-11-28)34(31,32)22-5-3-2-4-19(22)15-25/h2-9,17H,10-14,16H2,1H3,(H,26,30). The van der Waals surface area contributed by atoms with Crippen molar-refractivity contribution >= 4 is 33.0 Å². The Hall–Kier alpha value is -3.10. The monoisotopic (exact) mass is 495 g/mol. The van der Waals surface area contributed by atoms with Gasteiger partial charge in [-0.3, -0.25) is 9.69 Å². The number of thiazole rings is 1. The van der Waals surface area contributed by atoms with Crippen LogP contribution in [0.4, 0.5) is 5.69 Å². The predicted molar refractivity (Wildman–Crippen MR) is 131 cm³/mol. The van der Waals surface area contributed by atoms with Gasteiger partial charge in [0.05, 0.1) is 22.6 Å². The van der Waals surface area contributed by atoms with E-state index in [1.54, 1.807) is 12.1 Å². The number of sulfonamides is 1. The smallest absolute Gasteiger partial charge is 0.244 e. The van der Waals surface area contributed by atoms with Crippen LogP contribution in [0.1, 0.15) is 21.8 Å². The molecule has 1 saturated heterocycles. The van der Waals surface area contributed by atoms with Crippen molar-refractivity contribution in [3.8, 4) is 6.07 Å². The third-order valence-corrected chi connectivity index (χ3v) is 8.44. The Morgan fingerprint density at radius 3 is 2.53 bits per heavy atom. The number of hydrogen-bond donors (Lipinski definition) is 1. The van der Waals surface area contributed by atoms with E-state index in [4.69, 9.17) is 0 Å². The Kier molecular flexibility index (Phi) is 7.38. The number of aromatic nitrogens is 1. The summed E-state index contributed by atoms with van der Waals surface area (Å²) >= 11 is 1.45. The molecule has 10 heteroatoms. The number of aryl methyl sites for hydroxylation is 1. The Morgan fingerprint density at radius 1 is 1.12 bits per heavy atom. The van der Waals surface area contributed by atoms with Gasteiger partial charge >= 0.3 is 0 Å². The lowest BCUT2D eigenvalue weighted by Crippen LogP contribution is -2.48. The fraction of sp³-hybridized carbons (Fsp3) is 0.292. The minimum Gasteiger partial charge on any atom is -0.326 e. The van der Waals surface area contributed by atoms with Gasteiger partial charge in [-0.05, 0) is 31.2 Å². The average Bonchev–Trinajstić information content (AvgIpc) is 3.27. The molecular formula is C24H25N5O3S2. The minimum absolute atomic E-state index is 0.0546. The van der Waals surface area contributed by atoms with Crippen LogP contribution in [0.15, 0.2) is 58.8 Å². The summed E-state index contributed by atoms with van der Waals surface area (Å²) < 4.78 is 27.4. The van der Waals surface area contributed by atoms with E-state index in [9.17, 15) is 18.5 Å². The molecule has 3 aromatic rings. The molecule has 0 aliphatic carbocycles. The molecule has 2 heterocycles. The van der Waals surface area contributed by atoms with Crippen molar-refractivity contribution in [2.75, 3.05) is 31.5 Å². The van der Waals surface area contributed by atoms with Crippen LogP contribution in [0.5, 0.6) is 0 Å². The van der Waals surface area contributed by atoms with E-state index >= 15 is 0 Å². The third-order valence-electron chi connectivity index (χ3n) is 5.59. The fourth-order valence-corrected chi connectivity index (χ4v) is 6.11. The van der Waals surface area contributed by atoms with Crippen molar-refractivity contribution in [2.24, 2.45) is 0 Å². The lowest BCUT2D eigenvalue weighted by Gasteiger charge is -2.33. The number of nitriles is 1. The van der Waals surface area contributed by atoms with Gasteiger partial charge in [0, 0.05) is 43.8 Å². The SMILES string of the molecule is Cc1ccc(NC(=O)Cc2nc(CN3CCN(S(=O)(=O)c4ccccc4C#N)CC3)cs2)cc1. The van der Waals surface area contributed by atoms with E-state index < -0.39 is 10.0 Å². The van der Waals surface area contributed by atoms with E-state index in [0.717, 1.165) is 22.0 Å². The first-order valence-electron chi connectivity index (χ1n) is 10.9. The highest BCUT2D eigenvalue weighted by molar-refractivity contribution is 7.89. The molecule has 0 radical (unpaired) electrons. The van der Waals surface area contributed by atoms with E-state index in [1.165, 1.54) is 27.8 Å². The highest BCUT2D eigenvalue weighted by Crippen LogP contribution is 2.22. The van der Waals surface area contributed by atoms with Crippen LogP contribution >= 0.6 is 11.3 Å². The van der Waals surface area contributed by atoms with Gasteiger partial charge in [-0.15, -0.1) is 11.3 Å². The zero-order chi connectivity index (χ0) is 24.1. The summed E-state index contributed by atoms with van der Waals surface area (Å²) in [6, 6.07) is 15.9. The summed E-state index contributed by atoms with van der Waals surface area (Å²) in [5.74, 6) is -0.110. The summed E-state index contributed by atoms with van der Waals surface area (Å²) in [7, 11) is -3.71. The molecule has 0 bridgehead atoms. The van der Waals surface area contributed by atoms with Gasteiger partial charge in [0.15, 0.2) is 0 Å². The fourth-order valence-electron chi connectivity index (χ4n) is 3.76. The van der Waals surface area contributed by atoms with Crippen LogP contribution in [0, 0.1) is 18.3 Å². The van der Waals surface area contributed by atoms with Crippen LogP contribution in [0.25, 0.3) is 0 Å². The summed E-state index contributed by atoms with van der Waals surface area (Å²) in [6.07, 6.45) is 0.211. The molecule has 0 saturated carbocycles. The van der Waals surface area contributed by atoms with E-state index in [0.29, 0.717) is 32.7 Å². The zero-order valence-corrected chi connectivity index (χ0v) is 20.4. The van der Waals surface area contributed by atoms with Crippen LogP contribution in [-0.2, 0) is 27.8 Å². The summed E-state index contributed by atoms with van der Waals surface area (Å²) in [4.78, 5) is 19.1.